The second kappa shape index (κ2) is 6.28. The van der Waals surface area contributed by atoms with Crippen LogP contribution in [0.25, 0.3) is 33.2 Å². The van der Waals surface area contributed by atoms with Crippen LogP contribution < -0.4 is 4.90 Å². The van der Waals surface area contributed by atoms with E-state index in [1.165, 1.54) is 5.69 Å². The molecule has 0 radical (unpaired) electrons. The summed E-state index contributed by atoms with van der Waals surface area (Å²) in [6.07, 6.45) is 0. The van der Waals surface area contributed by atoms with Crippen molar-refractivity contribution in [3.63, 3.8) is 0 Å². The number of aromatic nitrogens is 2. The molecular formula is C22H22N4O. The third-order valence-electron chi connectivity index (χ3n) is 5.49. The van der Waals surface area contributed by atoms with Crippen molar-refractivity contribution >= 4 is 27.5 Å². The van der Waals surface area contributed by atoms with Gasteiger partial charge in [-0.1, -0.05) is 30.3 Å². The third kappa shape index (κ3) is 2.80. The molecule has 0 bridgehead atoms. The Labute approximate surface area is 157 Å². The highest BCUT2D eigenvalue weighted by molar-refractivity contribution is 5.95. The van der Waals surface area contributed by atoms with Crippen molar-refractivity contribution in [2.45, 2.75) is 0 Å². The summed E-state index contributed by atoms with van der Waals surface area (Å²) in [5.74, 6) is 0.968. The molecule has 0 aliphatic carbocycles. The maximum Gasteiger partial charge on any atom is 0.142 e. The van der Waals surface area contributed by atoms with Gasteiger partial charge < -0.3 is 19.9 Å². The molecule has 0 unspecified atom stereocenters. The van der Waals surface area contributed by atoms with E-state index in [0.29, 0.717) is 5.82 Å². The van der Waals surface area contributed by atoms with Crippen LogP contribution in [-0.4, -0.2) is 53.2 Å². The lowest BCUT2D eigenvalue weighted by atomic mass is 10.1. The number of likely N-dealkylation sites (N-methyl/N-ethyl adjacent to an activating group) is 1. The van der Waals surface area contributed by atoms with Gasteiger partial charge in [0.05, 0.1) is 16.6 Å². The molecule has 1 aliphatic rings. The predicted octanol–water partition coefficient (Wildman–Crippen LogP) is 3.84. The lowest BCUT2D eigenvalue weighted by Crippen LogP contribution is -2.44. The largest absolute Gasteiger partial charge is 0.507 e. The van der Waals surface area contributed by atoms with E-state index in [4.69, 9.17) is 4.98 Å². The highest BCUT2D eigenvalue weighted by Gasteiger charge is 2.16. The van der Waals surface area contributed by atoms with Gasteiger partial charge in [0, 0.05) is 37.3 Å². The van der Waals surface area contributed by atoms with Crippen molar-refractivity contribution in [3.8, 4) is 17.1 Å². The summed E-state index contributed by atoms with van der Waals surface area (Å²) >= 11 is 0. The summed E-state index contributed by atoms with van der Waals surface area (Å²) in [5, 5.41) is 12.6. The minimum absolute atomic E-state index is 0.270. The SMILES string of the molecule is CN1CCN(c2ccc3nc(-c4ccc5ccccc5c4O)[nH]c3c2)CC1. The van der Waals surface area contributed by atoms with Gasteiger partial charge in [-0.15, -0.1) is 0 Å². The molecule has 3 aromatic carbocycles. The molecule has 0 saturated carbocycles. The minimum atomic E-state index is 0.270. The van der Waals surface area contributed by atoms with Crippen LogP contribution >= 0.6 is 0 Å². The lowest BCUT2D eigenvalue weighted by molar-refractivity contribution is 0.313. The van der Waals surface area contributed by atoms with Crippen LogP contribution in [0.2, 0.25) is 0 Å². The van der Waals surface area contributed by atoms with E-state index in [2.05, 4.69) is 40.0 Å². The predicted molar refractivity (Wildman–Crippen MR) is 110 cm³/mol. The molecule has 0 spiro atoms. The Kier molecular flexibility index (Phi) is 3.76. The molecule has 5 rings (SSSR count). The molecule has 2 N–H and O–H groups in total. The highest BCUT2D eigenvalue weighted by Crippen LogP contribution is 2.35. The standard InChI is InChI=1S/C22H22N4O/c1-25-10-12-26(13-11-25)16-7-9-19-20(14-16)24-22(23-19)18-8-6-15-4-2-3-5-17(15)21(18)27/h2-9,14,27H,10-13H2,1H3,(H,23,24). The van der Waals surface area contributed by atoms with E-state index in [0.717, 1.165) is 53.5 Å². The first-order chi connectivity index (χ1) is 13.2. The number of anilines is 1. The fraction of sp³-hybridized carbons (Fsp3) is 0.227. The first kappa shape index (κ1) is 16.1. The Hall–Kier alpha value is -3.05. The Morgan fingerprint density at radius 1 is 0.963 bits per heavy atom. The van der Waals surface area contributed by atoms with E-state index in [9.17, 15) is 5.11 Å². The summed E-state index contributed by atoms with van der Waals surface area (Å²) in [5.41, 5.74) is 3.85. The molecule has 1 fully saturated rings. The zero-order valence-electron chi connectivity index (χ0n) is 15.3. The van der Waals surface area contributed by atoms with Gasteiger partial charge in [0.2, 0.25) is 0 Å². The van der Waals surface area contributed by atoms with Gasteiger partial charge in [0.25, 0.3) is 0 Å². The normalized spacial score (nSPS) is 15.7. The zero-order chi connectivity index (χ0) is 18.4. The smallest absolute Gasteiger partial charge is 0.142 e. The molecule has 4 aromatic rings. The number of imidazole rings is 1. The number of benzene rings is 3. The highest BCUT2D eigenvalue weighted by atomic mass is 16.3. The number of phenolic OH excluding ortho intramolecular Hbond substituents is 1. The Balaban J connectivity index is 1.54. The maximum atomic E-state index is 10.7. The Morgan fingerprint density at radius 3 is 2.63 bits per heavy atom. The molecule has 0 amide bonds. The number of aromatic hydroxyl groups is 1. The van der Waals surface area contributed by atoms with Crippen LogP contribution in [0.5, 0.6) is 5.75 Å². The molecule has 2 heterocycles. The molecule has 1 aliphatic heterocycles. The van der Waals surface area contributed by atoms with Crippen LogP contribution in [0, 0.1) is 0 Å². The van der Waals surface area contributed by atoms with Crippen molar-refractivity contribution in [2.75, 3.05) is 38.1 Å². The van der Waals surface area contributed by atoms with Crippen LogP contribution in [-0.2, 0) is 0 Å². The van der Waals surface area contributed by atoms with E-state index in [-0.39, 0.29) is 5.75 Å². The first-order valence-corrected chi connectivity index (χ1v) is 9.33. The second-order valence-corrected chi connectivity index (χ2v) is 7.26. The molecule has 136 valence electrons. The van der Waals surface area contributed by atoms with Gasteiger partial charge in [-0.05, 0) is 36.7 Å². The van der Waals surface area contributed by atoms with Crippen LogP contribution in [0.4, 0.5) is 5.69 Å². The van der Waals surface area contributed by atoms with Crippen molar-refractivity contribution in [3.05, 3.63) is 54.6 Å². The van der Waals surface area contributed by atoms with Gasteiger partial charge in [0.1, 0.15) is 11.6 Å². The van der Waals surface area contributed by atoms with E-state index < -0.39 is 0 Å². The van der Waals surface area contributed by atoms with E-state index in [1.807, 2.05) is 36.4 Å². The number of fused-ring (bicyclic) bond motifs is 2. The van der Waals surface area contributed by atoms with Crippen molar-refractivity contribution in [1.82, 2.24) is 14.9 Å². The summed E-state index contributed by atoms with van der Waals surface area (Å²) < 4.78 is 0. The number of piperazine rings is 1. The number of rotatable bonds is 2. The molecule has 0 atom stereocenters. The Bertz CT molecular complexity index is 1130. The van der Waals surface area contributed by atoms with Crippen molar-refractivity contribution in [2.24, 2.45) is 0 Å². The van der Waals surface area contributed by atoms with Gasteiger partial charge >= 0.3 is 0 Å². The quantitative estimate of drug-likeness (QED) is 0.572. The number of phenols is 1. The number of nitrogens with one attached hydrogen (secondary N) is 1. The van der Waals surface area contributed by atoms with Crippen LogP contribution in [0.3, 0.4) is 0 Å². The van der Waals surface area contributed by atoms with Gasteiger partial charge in [-0.3, -0.25) is 0 Å². The molecular weight excluding hydrogens is 336 g/mol. The summed E-state index contributed by atoms with van der Waals surface area (Å²) in [4.78, 5) is 12.9. The van der Waals surface area contributed by atoms with E-state index in [1.54, 1.807) is 0 Å². The maximum absolute atomic E-state index is 10.7. The monoisotopic (exact) mass is 358 g/mol. The minimum Gasteiger partial charge on any atom is -0.507 e. The number of hydrogen-bond acceptors (Lipinski definition) is 4. The van der Waals surface area contributed by atoms with E-state index >= 15 is 0 Å². The number of aromatic amines is 1. The number of H-pyrrole nitrogens is 1. The fourth-order valence-corrected chi connectivity index (χ4v) is 3.83. The average Bonchev–Trinajstić information content (AvgIpc) is 3.12. The van der Waals surface area contributed by atoms with Crippen LogP contribution in [0.1, 0.15) is 0 Å². The lowest BCUT2D eigenvalue weighted by Gasteiger charge is -2.34. The number of hydrogen-bond donors (Lipinski definition) is 2. The second-order valence-electron chi connectivity index (χ2n) is 7.26. The average molecular weight is 358 g/mol. The third-order valence-corrected chi connectivity index (χ3v) is 5.49. The fourth-order valence-electron chi connectivity index (χ4n) is 3.83. The molecule has 5 nitrogen and oxygen atoms in total. The first-order valence-electron chi connectivity index (χ1n) is 9.33. The number of nitrogens with zero attached hydrogens (tertiary/aromatic N) is 3. The van der Waals surface area contributed by atoms with Gasteiger partial charge in [0.15, 0.2) is 0 Å². The van der Waals surface area contributed by atoms with Crippen LogP contribution in [0.15, 0.2) is 54.6 Å². The summed E-state index contributed by atoms with van der Waals surface area (Å²) in [6.45, 7) is 4.23. The zero-order valence-corrected chi connectivity index (χ0v) is 15.3. The topological polar surface area (TPSA) is 55.4 Å². The summed E-state index contributed by atoms with van der Waals surface area (Å²) in [6, 6.07) is 18.1. The van der Waals surface area contributed by atoms with Crippen molar-refractivity contribution in [1.29, 1.82) is 0 Å². The summed E-state index contributed by atoms with van der Waals surface area (Å²) in [7, 11) is 2.16. The molecule has 1 saturated heterocycles. The molecule has 1 aromatic heterocycles. The van der Waals surface area contributed by atoms with Gasteiger partial charge in [-0.25, -0.2) is 4.98 Å². The Morgan fingerprint density at radius 2 is 1.78 bits per heavy atom. The van der Waals surface area contributed by atoms with Crippen molar-refractivity contribution < 1.29 is 5.11 Å². The van der Waals surface area contributed by atoms with Gasteiger partial charge in [-0.2, -0.15) is 0 Å². The molecule has 5 heteroatoms. The molecule has 27 heavy (non-hydrogen) atoms.